The molecule has 15 heavy (non-hydrogen) atoms. The molecule has 0 aromatic heterocycles. The fourth-order valence-electron chi connectivity index (χ4n) is 1.24. The molecule has 0 saturated heterocycles. The van der Waals surface area contributed by atoms with Gasteiger partial charge in [-0.25, -0.2) is 0 Å². The number of aliphatic hydroxyl groups excluding tert-OH is 1. The first kappa shape index (κ1) is 12.4. The van der Waals surface area contributed by atoms with Crippen molar-refractivity contribution in [1.82, 2.24) is 0 Å². The summed E-state index contributed by atoms with van der Waals surface area (Å²) < 4.78 is 5.55. The number of aliphatic hydroxyl groups is 1. The van der Waals surface area contributed by atoms with Gasteiger partial charge in [-0.1, -0.05) is 12.1 Å². The molecule has 0 spiro atoms. The maximum atomic E-state index is 9.32. The zero-order valence-electron chi connectivity index (χ0n) is 9.27. The second kappa shape index (κ2) is 6.75. The Morgan fingerprint density at radius 2 is 2.00 bits per heavy atom. The minimum absolute atomic E-state index is 0.407. The molecule has 3 heteroatoms. The molecule has 1 rings (SSSR count). The molecule has 0 fully saturated rings. The number of hydrogen-bond donors (Lipinski definition) is 1. The summed E-state index contributed by atoms with van der Waals surface area (Å²) in [6.45, 7) is 2.52. The number of hydrogen-bond acceptors (Lipinski definition) is 3. The van der Waals surface area contributed by atoms with Crippen LogP contribution in [0.2, 0.25) is 0 Å². The molecule has 0 saturated carbocycles. The van der Waals surface area contributed by atoms with Crippen molar-refractivity contribution in [3.63, 3.8) is 0 Å². The van der Waals surface area contributed by atoms with E-state index >= 15 is 0 Å². The largest absolute Gasteiger partial charge is 0.494 e. The van der Waals surface area contributed by atoms with Gasteiger partial charge in [-0.15, -0.1) is 0 Å². The quantitative estimate of drug-likeness (QED) is 0.756. The van der Waals surface area contributed by atoms with Crippen LogP contribution in [-0.4, -0.2) is 23.7 Å². The Labute approximate surface area is 95.7 Å². The van der Waals surface area contributed by atoms with E-state index in [2.05, 4.69) is 6.26 Å². The highest BCUT2D eigenvalue weighted by molar-refractivity contribution is 7.98. The summed E-state index contributed by atoms with van der Waals surface area (Å²) in [7, 11) is 0. The predicted molar refractivity (Wildman–Crippen MR) is 65.6 cm³/mol. The molecule has 0 bridgehead atoms. The molecule has 0 aliphatic rings. The van der Waals surface area contributed by atoms with Crippen LogP contribution < -0.4 is 4.74 Å². The van der Waals surface area contributed by atoms with Crippen molar-refractivity contribution in [2.45, 2.75) is 19.4 Å². The summed E-state index contributed by atoms with van der Waals surface area (Å²) in [5.74, 6) is 2.01. The van der Waals surface area contributed by atoms with Gasteiger partial charge in [0.2, 0.25) is 0 Å². The standard InChI is InChI=1S/C12H18O2S/c1-10(13)11-4-6-12(7-5-11)14-8-3-9-15-2/h4-7,10,13H,3,8-9H2,1-2H3. The normalized spacial score (nSPS) is 12.5. The summed E-state index contributed by atoms with van der Waals surface area (Å²) in [6, 6.07) is 7.60. The molecule has 0 heterocycles. The molecule has 1 unspecified atom stereocenters. The third-order valence-electron chi connectivity index (χ3n) is 2.12. The van der Waals surface area contributed by atoms with Crippen LogP contribution in [0.5, 0.6) is 5.75 Å². The van der Waals surface area contributed by atoms with Crippen LogP contribution >= 0.6 is 11.8 Å². The van der Waals surface area contributed by atoms with Crippen molar-refractivity contribution in [2.24, 2.45) is 0 Å². The Hall–Kier alpha value is -0.670. The second-order valence-electron chi connectivity index (χ2n) is 3.44. The molecule has 1 aromatic carbocycles. The average Bonchev–Trinajstić information content (AvgIpc) is 2.25. The maximum absolute atomic E-state index is 9.32. The van der Waals surface area contributed by atoms with E-state index in [-0.39, 0.29) is 0 Å². The summed E-state index contributed by atoms with van der Waals surface area (Å²) in [4.78, 5) is 0. The molecule has 1 N–H and O–H groups in total. The molecule has 0 aliphatic carbocycles. The molecule has 1 atom stereocenters. The molecular formula is C12H18O2S. The lowest BCUT2D eigenvalue weighted by atomic mass is 10.1. The van der Waals surface area contributed by atoms with Crippen molar-refractivity contribution in [1.29, 1.82) is 0 Å². The van der Waals surface area contributed by atoms with Gasteiger partial charge in [0.25, 0.3) is 0 Å². The van der Waals surface area contributed by atoms with Gasteiger partial charge in [-0.2, -0.15) is 11.8 Å². The Balaban J connectivity index is 2.36. The van der Waals surface area contributed by atoms with Gasteiger partial charge >= 0.3 is 0 Å². The van der Waals surface area contributed by atoms with Crippen molar-refractivity contribution in [2.75, 3.05) is 18.6 Å². The van der Waals surface area contributed by atoms with Gasteiger partial charge in [0, 0.05) is 0 Å². The number of thioether (sulfide) groups is 1. The number of ether oxygens (including phenoxy) is 1. The first-order valence-corrected chi connectivity index (χ1v) is 6.53. The van der Waals surface area contributed by atoms with E-state index in [0.717, 1.165) is 30.1 Å². The Morgan fingerprint density at radius 3 is 2.53 bits per heavy atom. The van der Waals surface area contributed by atoms with Crippen LogP contribution in [0.3, 0.4) is 0 Å². The van der Waals surface area contributed by atoms with Crippen molar-refractivity contribution >= 4 is 11.8 Å². The zero-order valence-corrected chi connectivity index (χ0v) is 10.1. The molecule has 1 aromatic rings. The molecule has 0 amide bonds. The van der Waals surface area contributed by atoms with Crippen LogP contribution in [-0.2, 0) is 0 Å². The lowest BCUT2D eigenvalue weighted by Gasteiger charge is -2.08. The van der Waals surface area contributed by atoms with Crippen molar-refractivity contribution in [3.8, 4) is 5.75 Å². The van der Waals surface area contributed by atoms with Crippen LogP contribution in [0.25, 0.3) is 0 Å². The Morgan fingerprint density at radius 1 is 1.33 bits per heavy atom. The van der Waals surface area contributed by atoms with Crippen molar-refractivity contribution in [3.05, 3.63) is 29.8 Å². The fraction of sp³-hybridized carbons (Fsp3) is 0.500. The fourth-order valence-corrected chi connectivity index (χ4v) is 1.64. The monoisotopic (exact) mass is 226 g/mol. The van der Waals surface area contributed by atoms with Crippen LogP contribution in [0.1, 0.15) is 25.0 Å². The molecular weight excluding hydrogens is 208 g/mol. The average molecular weight is 226 g/mol. The highest BCUT2D eigenvalue weighted by atomic mass is 32.2. The lowest BCUT2D eigenvalue weighted by molar-refractivity contribution is 0.199. The molecule has 0 radical (unpaired) electrons. The smallest absolute Gasteiger partial charge is 0.119 e. The third kappa shape index (κ3) is 4.58. The van der Waals surface area contributed by atoms with E-state index < -0.39 is 6.10 Å². The van der Waals surface area contributed by atoms with Gasteiger partial charge in [0.15, 0.2) is 0 Å². The highest BCUT2D eigenvalue weighted by Crippen LogP contribution is 2.17. The highest BCUT2D eigenvalue weighted by Gasteiger charge is 2.00. The van der Waals surface area contributed by atoms with Crippen LogP contribution in [0.4, 0.5) is 0 Å². The topological polar surface area (TPSA) is 29.5 Å². The van der Waals surface area contributed by atoms with Gasteiger partial charge < -0.3 is 9.84 Å². The Bertz CT molecular complexity index is 269. The van der Waals surface area contributed by atoms with Gasteiger partial charge in [0.1, 0.15) is 5.75 Å². The minimum Gasteiger partial charge on any atom is -0.494 e. The van der Waals surface area contributed by atoms with Crippen LogP contribution in [0.15, 0.2) is 24.3 Å². The summed E-state index contributed by atoms with van der Waals surface area (Å²) >= 11 is 1.83. The van der Waals surface area contributed by atoms with Gasteiger partial charge in [-0.05, 0) is 43.0 Å². The van der Waals surface area contributed by atoms with E-state index in [1.165, 1.54) is 0 Å². The van der Waals surface area contributed by atoms with E-state index in [0.29, 0.717) is 0 Å². The molecule has 0 aliphatic heterocycles. The van der Waals surface area contributed by atoms with E-state index in [1.54, 1.807) is 6.92 Å². The maximum Gasteiger partial charge on any atom is 0.119 e. The minimum atomic E-state index is -0.407. The lowest BCUT2D eigenvalue weighted by Crippen LogP contribution is -1.99. The third-order valence-corrected chi connectivity index (χ3v) is 2.82. The summed E-state index contributed by atoms with van der Waals surface area (Å²) in [5, 5.41) is 9.32. The SMILES string of the molecule is CSCCCOc1ccc(C(C)O)cc1. The summed E-state index contributed by atoms with van der Waals surface area (Å²) in [5.41, 5.74) is 0.923. The van der Waals surface area contributed by atoms with Crippen molar-refractivity contribution < 1.29 is 9.84 Å². The van der Waals surface area contributed by atoms with Gasteiger partial charge in [0.05, 0.1) is 12.7 Å². The summed E-state index contributed by atoms with van der Waals surface area (Å²) in [6.07, 6.45) is 2.76. The number of benzene rings is 1. The van der Waals surface area contributed by atoms with E-state index in [1.807, 2.05) is 36.0 Å². The van der Waals surface area contributed by atoms with E-state index in [9.17, 15) is 5.11 Å². The van der Waals surface area contributed by atoms with Gasteiger partial charge in [-0.3, -0.25) is 0 Å². The van der Waals surface area contributed by atoms with Crippen LogP contribution in [0, 0.1) is 0 Å². The second-order valence-corrected chi connectivity index (χ2v) is 4.43. The first-order valence-electron chi connectivity index (χ1n) is 5.14. The predicted octanol–water partition coefficient (Wildman–Crippen LogP) is 2.87. The van der Waals surface area contributed by atoms with E-state index in [4.69, 9.17) is 4.74 Å². The molecule has 84 valence electrons. The Kier molecular flexibility index (Phi) is 5.58. The molecule has 2 nitrogen and oxygen atoms in total. The number of rotatable bonds is 6. The first-order chi connectivity index (χ1) is 7.24. The zero-order chi connectivity index (χ0) is 11.1.